The number of pyridine rings is 2. The summed E-state index contributed by atoms with van der Waals surface area (Å²) in [6, 6.07) is 7.61. The monoisotopic (exact) mass is 487 g/mol. The summed E-state index contributed by atoms with van der Waals surface area (Å²) in [7, 11) is -1.16. The first-order valence-electron chi connectivity index (χ1n) is 9.93. The van der Waals surface area contributed by atoms with Crippen molar-refractivity contribution in [3.63, 3.8) is 0 Å². The molecule has 172 valence electrons. The Hall–Kier alpha value is -3.14. The number of carbonyl (C=O) groups excluding carboxylic acids is 1. The molecule has 0 aliphatic rings. The molecule has 33 heavy (non-hydrogen) atoms. The lowest BCUT2D eigenvalue weighted by Crippen LogP contribution is -2.32. The van der Waals surface area contributed by atoms with Gasteiger partial charge in [0.15, 0.2) is 0 Å². The van der Waals surface area contributed by atoms with Gasteiger partial charge in [-0.1, -0.05) is 18.2 Å². The second-order valence-electron chi connectivity index (χ2n) is 7.17. The zero-order valence-corrected chi connectivity index (χ0v) is 19.7. The van der Waals surface area contributed by atoms with Gasteiger partial charge in [0.2, 0.25) is 0 Å². The predicted octanol–water partition coefficient (Wildman–Crippen LogP) is 4.33. The lowest BCUT2D eigenvalue weighted by atomic mass is 10.0. The van der Waals surface area contributed by atoms with E-state index >= 15 is 0 Å². The number of allylic oxidation sites excluding steroid dienone is 1. The van der Waals surface area contributed by atoms with E-state index in [0.29, 0.717) is 39.8 Å². The van der Waals surface area contributed by atoms with E-state index in [1.165, 1.54) is 30.7 Å². The van der Waals surface area contributed by atoms with Crippen LogP contribution in [-0.4, -0.2) is 39.4 Å². The minimum absolute atomic E-state index is 0.257. The fourth-order valence-electron chi connectivity index (χ4n) is 3.04. The summed E-state index contributed by atoms with van der Waals surface area (Å²) in [5.41, 5.74) is 3.49. The highest BCUT2D eigenvalue weighted by atomic mass is 35.5. The molecule has 0 aliphatic heterocycles. The van der Waals surface area contributed by atoms with Gasteiger partial charge in [0, 0.05) is 59.8 Å². The fourth-order valence-corrected chi connectivity index (χ4v) is 3.60. The van der Waals surface area contributed by atoms with E-state index in [1.54, 1.807) is 24.5 Å². The molecule has 7 nitrogen and oxygen atoms in total. The van der Waals surface area contributed by atoms with Gasteiger partial charge in [0.05, 0.1) is 27.9 Å². The number of aromatic nitrogens is 2. The molecule has 1 unspecified atom stereocenters. The Morgan fingerprint density at radius 3 is 2.67 bits per heavy atom. The normalized spacial score (nSPS) is 11.6. The minimum Gasteiger partial charge on any atom is -0.354 e. The second kappa shape index (κ2) is 11.1. The van der Waals surface area contributed by atoms with Crippen molar-refractivity contribution in [2.75, 3.05) is 24.7 Å². The average molecular weight is 488 g/mol. The van der Waals surface area contributed by atoms with Gasteiger partial charge in [0.25, 0.3) is 5.91 Å². The zero-order valence-electron chi connectivity index (χ0n) is 18.1. The van der Waals surface area contributed by atoms with Gasteiger partial charge < -0.3 is 10.6 Å². The molecule has 1 atom stereocenters. The average Bonchev–Trinajstić information content (AvgIpc) is 2.78. The number of halogens is 2. The highest BCUT2D eigenvalue weighted by Crippen LogP contribution is 2.32. The quantitative estimate of drug-likeness (QED) is 0.390. The van der Waals surface area contributed by atoms with E-state index in [1.807, 2.05) is 6.92 Å². The Morgan fingerprint density at radius 1 is 1.15 bits per heavy atom. The number of nitrogens with one attached hydrogen (secondary N) is 3. The third kappa shape index (κ3) is 6.44. The summed E-state index contributed by atoms with van der Waals surface area (Å²) in [6.45, 7) is 6.46. The molecule has 0 radical (unpaired) electrons. The SMILES string of the molecule is C=C(C)c1cnc(-c2cc(Cl)ccc2F)cc1Nc1ccncc1C(=O)NCCNS(C)=O. The number of carbonyl (C=O) groups is 1. The van der Waals surface area contributed by atoms with Gasteiger partial charge in [-0.15, -0.1) is 0 Å². The van der Waals surface area contributed by atoms with Gasteiger partial charge in [0.1, 0.15) is 5.82 Å². The molecule has 0 spiro atoms. The standard InChI is InChI=1S/C23H23ClFN5O2S/c1-14(2)17-13-28-21(16-10-15(24)4-5-19(16)25)11-22(17)30-20-6-7-26-12-18(20)23(31)27-8-9-29-33(3)32/h4-7,10-13,29H,1,8-9H2,2-3H3,(H,27,31)(H,26,28,30). The van der Waals surface area contributed by atoms with Crippen molar-refractivity contribution in [1.29, 1.82) is 0 Å². The van der Waals surface area contributed by atoms with Crippen LogP contribution in [-0.2, 0) is 11.0 Å². The molecule has 1 amide bonds. The van der Waals surface area contributed by atoms with E-state index in [9.17, 15) is 13.4 Å². The van der Waals surface area contributed by atoms with E-state index in [2.05, 4.69) is 31.9 Å². The number of benzene rings is 1. The number of hydrogen-bond donors (Lipinski definition) is 3. The van der Waals surface area contributed by atoms with Crippen molar-refractivity contribution >= 4 is 45.4 Å². The summed E-state index contributed by atoms with van der Waals surface area (Å²) >= 11 is 6.05. The molecule has 2 aromatic heterocycles. The molecule has 0 bridgehead atoms. The molecule has 0 aliphatic carbocycles. The van der Waals surface area contributed by atoms with Gasteiger partial charge >= 0.3 is 0 Å². The number of nitrogens with zero attached hydrogens (tertiary/aromatic N) is 2. The van der Waals surface area contributed by atoms with Crippen molar-refractivity contribution < 1.29 is 13.4 Å². The van der Waals surface area contributed by atoms with Crippen LogP contribution in [0.4, 0.5) is 15.8 Å². The first-order valence-corrected chi connectivity index (χ1v) is 11.9. The van der Waals surface area contributed by atoms with Gasteiger partial charge in [-0.25, -0.2) is 13.3 Å². The smallest absolute Gasteiger partial charge is 0.255 e. The largest absolute Gasteiger partial charge is 0.354 e. The second-order valence-corrected chi connectivity index (χ2v) is 8.80. The molecule has 1 aromatic carbocycles. The first-order chi connectivity index (χ1) is 15.8. The van der Waals surface area contributed by atoms with Crippen LogP contribution in [0.3, 0.4) is 0 Å². The zero-order chi connectivity index (χ0) is 24.0. The summed E-state index contributed by atoms with van der Waals surface area (Å²) in [5.74, 6) is -0.798. The fraction of sp³-hybridized carbons (Fsp3) is 0.174. The third-order valence-corrected chi connectivity index (χ3v) is 5.46. The molecule has 0 saturated carbocycles. The highest BCUT2D eigenvalue weighted by molar-refractivity contribution is 7.82. The lowest BCUT2D eigenvalue weighted by molar-refractivity contribution is 0.0955. The van der Waals surface area contributed by atoms with Crippen LogP contribution in [0.25, 0.3) is 16.8 Å². The van der Waals surface area contributed by atoms with Gasteiger partial charge in [-0.05, 0) is 42.8 Å². The maximum Gasteiger partial charge on any atom is 0.255 e. The summed E-state index contributed by atoms with van der Waals surface area (Å²) in [6.07, 6.45) is 6.11. The molecule has 10 heteroatoms. The van der Waals surface area contributed by atoms with E-state index in [-0.39, 0.29) is 18.0 Å². The Bertz CT molecular complexity index is 1220. The van der Waals surface area contributed by atoms with Crippen LogP contribution in [0.15, 0.2) is 55.5 Å². The molecular weight excluding hydrogens is 465 g/mol. The molecule has 3 rings (SSSR count). The Balaban J connectivity index is 1.93. The molecular formula is C23H23ClFN5O2S. The van der Waals surface area contributed by atoms with Crippen LogP contribution in [0.1, 0.15) is 22.8 Å². The van der Waals surface area contributed by atoms with Crippen molar-refractivity contribution in [3.8, 4) is 11.3 Å². The van der Waals surface area contributed by atoms with Crippen molar-refractivity contribution in [2.45, 2.75) is 6.92 Å². The highest BCUT2D eigenvalue weighted by Gasteiger charge is 2.16. The summed E-state index contributed by atoms with van der Waals surface area (Å²) < 4.78 is 28.2. The van der Waals surface area contributed by atoms with Crippen LogP contribution in [0.2, 0.25) is 5.02 Å². The lowest BCUT2D eigenvalue weighted by Gasteiger charge is -2.16. The first kappa shape index (κ1) is 24.5. The number of amides is 1. The van der Waals surface area contributed by atoms with E-state index in [4.69, 9.17) is 11.6 Å². The Morgan fingerprint density at radius 2 is 1.94 bits per heavy atom. The van der Waals surface area contributed by atoms with Crippen molar-refractivity contribution in [2.24, 2.45) is 0 Å². The summed E-state index contributed by atoms with van der Waals surface area (Å²) in [4.78, 5) is 21.1. The molecule has 3 aromatic rings. The number of anilines is 2. The molecule has 2 heterocycles. The maximum atomic E-state index is 14.4. The number of rotatable bonds is 9. The predicted molar refractivity (Wildman–Crippen MR) is 131 cm³/mol. The molecule has 0 saturated heterocycles. The molecule has 0 fully saturated rings. The third-order valence-electron chi connectivity index (χ3n) is 4.62. The van der Waals surface area contributed by atoms with E-state index < -0.39 is 16.8 Å². The maximum absolute atomic E-state index is 14.4. The van der Waals surface area contributed by atoms with Crippen molar-refractivity contribution in [1.82, 2.24) is 20.0 Å². The summed E-state index contributed by atoms with van der Waals surface area (Å²) in [5, 5.41) is 6.38. The topological polar surface area (TPSA) is 96.0 Å². The van der Waals surface area contributed by atoms with Crippen molar-refractivity contribution in [3.05, 3.63) is 77.5 Å². The van der Waals surface area contributed by atoms with Crippen LogP contribution < -0.4 is 15.4 Å². The van der Waals surface area contributed by atoms with Crippen LogP contribution in [0.5, 0.6) is 0 Å². The van der Waals surface area contributed by atoms with Gasteiger partial charge in [-0.3, -0.25) is 14.8 Å². The minimum atomic E-state index is -1.16. The Kier molecular flexibility index (Phi) is 8.26. The van der Waals surface area contributed by atoms with Crippen LogP contribution >= 0.6 is 11.6 Å². The van der Waals surface area contributed by atoms with E-state index in [0.717, 1.165) is 5.57 Å². The van der Waals surface area contributed by atoms with Crippen LogP contribution in [0, 0.1) is 5.82 Å². The number of hydrogen-bond acceptors (Lipinski definition) is 5. The Labute approximate surface area is 199 Å². The molecule has 3 N–H and O–H groups in total. The van der Waals surface area contributed by atoms with Gasteiger partial charge in [-0.2, -0.15) is 0 Å².